The van der Waals surface area contributed by atoms with E-state index < -0.39 is 0 Å². The van der Waals surface area contributed by atoms with Crippen LogP contribution in [-0.2, 0) is 7.05 Å². The molecule has 0 aromatic carbocycles. The number of aromatic nitrogens is 2. The quantitative estimate of drug-likeness (QED) is 0.774. The Morgan fingerprint density at radius 3 is 2.47 bits per heavy atom. The van der Waals surface area contributed by atoms with Crippen molar-refractivity contribution in [3.8, 4) is 0 Å². The summed E-state index contributed by atoms with van der Waals surface area (Å²) in [4.78, 5) is 14.5. The molecule has 0 radical (unpaired) electrons. The van der Waals surface area contributed by atoms with Crippen LogP contribution in [0.25, 0.3) is 0 Å². The molecule has 1 aliphatic rings. The molecule has 2 atom stereocenters. The van der Waals surface area contributed by atoms with Gasteiger partial charge in [0.1, 0.15) is 0 Å². The second kappa shape index (κ2) is 4.49. The van der Waals surface area contributed by atoms with Crippen molar-refractivity contribution in [3.05, 3.63) is 17.5 Å². The molecule has 0 aliphatic carbocycles. The van der Waals surface area contributed by atoms with Crippen molar-refractivity contribution in [2.24, 2.45) is 7.05 Å². The number of amides is 1. The fourth-order valence-corrected chi connectivity index (χ4v) is 2.48. The summed E-state index contributed by atoms with van der Waals surface area (Å²) in [6, 6.07) is 0.455. The number of carbonyl (C=O) groups excluding carboxylic acids is 1. The van der Waals surface area contributed by atoms with Crippen molar-refractivity contribution in [2.45, 2.75) is 32.9 Å². The molecule has 17 heavy (non-hydrogen) atoms. The minimum absolute atomic E-state index is 0.0945. The molecule has 0 bridgehead atoms. The Labute approximate surface area is 102 Å². The molecule has 1 N–H and O–H groups in total. The monoisotopic (exact) mass is 236 g/mol. The molecule has 1 aromatic heterocycles. The summed E-state index contributed by atoms with van der Waals surface area (Å²) in [5, 5.41) is 7.56. The molecular weight excluding hydrogens is 216 g/mol. The predicted octanol–water partition coefficient (Wildman–Crippen LogP) is 0.551. The van der Waals surface area contributed by atoms with E-state index in [1.807, 2.05) is 18.9 Å². The number of rotatable bonds is 1. The molecular formula is C12H20N4O. The van der Waals surface area contributed by atoms with Crippen LogP contribution in [0.5, 0.6) is 0 Å². The Morgan fingerprint density at radius 2 is 2.00 bits per heavy atom. The first-order valence-corrected chi connectivity index (χ1v) is 6.04. The number of carbonyl (C=O) groups is 1. The van der Waals surface area contributed by atoms with E-state index >= 15 is 0 Å². The molecule has 0 saturated carbocycles. The Morgan fingerprint density at radius 1 is 1.41 bits per heavy atom. The van der Waals surface area contributed by atoms with Crippen molar-refractivity contribution < 1.29 is 4.79 Å². The first-order chi connectivity index (χ1) is 8.00. The Bertz CT molecular complexity index is 416. The topological polar surface area (TPSA) is 50.2 Å². The summed E-state index contributed by atoms with van der Waals surface area (Å²) in [6.07, 6.45) is 1.80. The summed E-state index contributed by atoms with van der Waals surface area (Å²) >= 11 is 0. The predicted molar refractivity (Wildman–Crippen MR) is 65.9 cm³/mol. The SMILES string of the molecule is Cc1nn(C)cc1C(=O)N1C(C)CNCC1C. The molecule has 2 unspecified atom stereocenters. The molecule has 1 fully saturated rings. The summed E-state index contributed by atoms with van der Waals surface area (Å²) in [7, 11) is 1.84. The highest BCUT2D eigenvalue weighted by Gasteiger charge is 2.30. The lowest BCUT2D eigenvalue weighted by Gasteiger charge is -2.39. The van der Waals surface area contributed by atoms with Crippen molar-refractivity contribution in [1.82, 2.24) is 20.0 Å². The van der Waals surface area contributed by atoms with Gasteiger partial charge in [-0.05, 0) is 20.8 Å². The van der Waals surface area contributed by atoms with Crippen molar-refractivity contribution in [2.75, 3.05) is 13.1 Å². The first kappa shape index (κ1) is 12.1. The second-order valence-electron chi connectivity index (χ2n) is 4.87. The van der Waals surface area contributed by atoms with Gasteiger partial charge in [0.25, 0.3) is 5.91 Å². The van der Waals surface area contributed by atoms with E-state index in [4.69, 9.17) is 0 Å². The number of nitrogens with one attached hydrogen (secondary N) is 1. The van der Waals surface area contributed by atoms with Crippen LogP contribution in [-0.4, -0.2) is 45.8 Å². The van der Waals surface area contributed by atoms with Crippen LogP contribution >= 0.6 is 0 Å². The van der Waals surface area contributed by atoms with Gasteiger partial charge >= 0.3 is 0 Å². The normalized spacial score (nSPS) is 25.1. The van der Waals surface area contributed by atoms with E-state index in [1.54, 1.807) is 10.9 Å². The lowest BCUT2D eigenvalue weighted by atomic mass is 10.1. The summed E-state index contributed by atoms with van der Waals surface area (Å²) in [5.74, 6) is 0.0945. The van der Waals surface area contributed by atoms with E-state index in [1.165, 1.54) is 0 Å². The number of hydrogen-bond donors (Lipinski definition) is 1. The maximum atomic E-state index is 12.5. The van der Waals surface area contributed by atoms with Gasteiger partial charge in [0.2, 0.25) is 0 Å². The average Bonchev–Trinajstić information content (AvgIpc) is 2.57. The van der Waals surface area contributed by atoms with Crippen LogP contribution in [0.2, 0.25) is 0 Å². The van der Waals surface area contributed by atoms with Gasteiger partial charge in [0.05, 0.1) is 11.3 Å². The van der Waals surface area contributed by atoms with Gasteiger partial charge in [-0.15, -0.1) is 0 Å². The third kappa shape index (κ3) is 2.20. The number of piperazine rings is 1. The van der Waals surface area contributed by atoms with Gasteiger partial charge in [-0.1, -0.05) is 0 Å². The van der Waals surface area contributed by atoms with Gasteiger partial charge in [-0.25, -0.2) is 0 Å². The largest absolute Gasteiger partial charge is 0.331 e. The van der Waals surface area contributed by atoms with Crippen LogP contribution in [0.15, 0.2) is 6.20 Å². The lowest BCUT2D eigenvalue weighted by molar-refractivity contribution is 0.0543. The third-order valence-electron chi connectivity index (χ3n) is 3.31. The Balaban J connectivity index is 2.27. The van der Waals surface area contributed by atoms with Gasteiger partial charge in [-0.3, -0.25) is 9.48 Å². The van der Waals surface area contributed by atoms with Crippen LogP contribution in [0.1, 0.15) is 29.9 Å². The van der Waals surface area contributed by atoms with Crippen LogP contribution < -0.4 is 5.32 Å². The molecule has 94 valence electrons. The zero-order chi connectivity index (χ0) is 12.6. The highest BCUT2D eigenvalue weighted by Crippen LogP contribution is 2.16. The smallest absolute Gasteiger partial charge is 0.257 e. The maximum Gasteiger partial charge on any atom is 0.257 e. The highest BCUT2D eigenvalue weighted by atomic mass is 16.2. The van der Waals surface area contributed by atoms with E-state index in [9.17, 15) is 4.79 Å². The van der Waals surface area contributed by atoms with E-state index in [0.29, 0.717) is 5.56 Å². The molecule has 1 aliphatic heterocycles. The van der Waals surface area contributed by atoms with Gasteiger partial charge in [0.15, 0.2) is 0 Å². The maximum absolute atomic E-state index is 12.5. The number of nitrogens with zero attached hydrogens (tertiary/aromatic N) is 3. The van der Waals surface area contributed by atoms with Gasteiger partial charge in [0, 0.05) is 38.4 Å². The van der Waals surface area contributed by atoms with Gasteiger partial charge < -0.3 is 10.2 Å². The molecule has 0 spiro atoms. The van der Waals surface area contributed by atoms with Crippen molar-refractivity contribution >= 4 is 5.91 Å². The number of aryl methyl sites for hydroxylation is 2. The lowest BCUT2D eigenvalue weighted by Crippen LogP contribution is -2.57. The molecule has 5 nitrogen and oxygen atoms in total. The third-order valence-corrected chi connectivity index (χ3v) is 3.31. The molecule has 2 heterocycles. The first-order valence-electron chi connectivity index (χ1n) is 6.04. The van der Waals surface area contributed by atoms with E-state index in [0.717, 1.165) is 18.8 Å². The zero-order valence-corrected chi connectivity index (χ0v) is 10.9. The van der Waals surface area contributed by atoms with Crippen molar-refractivity contribution in [3.63, 3.8) is 0 Å². The average molecular weight is 236 g/mol. The minimum Gasteiger partial charge on any atom is -0.331 e. The minimum atomic E-state index is 0.0945. The molecule has 1 saturated heterocycles. The molecule has 5 heteroatoms. The molecule has 1 aromatic rings. The van der Waals surface area contributed by atoms with Crippen LogP contribution in [0.4, 0.5) is 0 Å². The molecule has 1 amide bonds. The summed E-state index contributed by atoms with van der Waals surface area (Å²) < 4.78 is 1.69. The Kier molecular flexibility index (Phi) is 3.19. The number of hydrogen-bond acceptors (Lipinski definition) is 3. The van der Waals surface area contributed by atoms with E-state index in [2.05, 4.69) is 24.3 Å². The standard InChI is InChI=1S/C12H20N4O/c1-8-5-13-6-9(2)16(8)12(17)11-7-15(4)14-10(11)3/h7-9,13H,5-6H2,1-4H3. The fourth-order valence-electron chi connectivity index (χ4n) is 2.48. The summed E-state index contributed by atoms with van der Waals surface area (Å²) in [6.45, 7) is 7.74. The summed E-state index contributed by atoms with van der Waals surface area (Å²) in [5.41, 5.74) is 1.52. The van der Waals surface area contributed by atoms with E-state index in [-0.39, 0.29) is 18.0 Å². The van der Waals surface area contributed by atoms with Crippen molar-refractivity contribution in [1.29, 1.82) is 0 Å². The Hall–Kier alpha value is -1.36. The van der Waals surface area contributed by atoms with Crippen LogP contribution in [0.3, 0.4) is 0 Å². The van der Waals surface area contributed by atoms with Crippen LogP contribution in [0, 0.1) is 6.92 Å². The molecule has 2 rings (SSSR count). The highest BCUT2D eigenvalue weighted by molar-refractivity contribution is 5.95. The zero-order valence-electron chi connectivity index (χ0n) is 10.9. The second-order valence-corrected chi connectivity index (χ2v) is 4.87. The fraction of sp³-hybridized carbons (Fsp3) is 0.667. The van der Waals surface area contributed by atoms with Gasteiger partial charge in [-0.2, -0.15) is 5.10 Å².